The summed E-state index contributed by atoms with van der Waals surface area (Å²) in [5.74, 6) is -0.0761. The normalized spacial score (nSPS) is 12.9. The van der Waals surface area contributed by atoms with E-state index in [-0.39, 0.29) is 18.5 Å². The Labute approximate surface area is 348 Å². The lowest BCUT2D eigenvalue weighted by atomic mass is 10.0. The van der Waals surface area contributed by atoms with E-state index < -0.39 is 12.1 Å². The number of unbranched alkanes of at least 4 members (excludes halogenated alkanes) is 30. The molecule has 0 saturated heterocycles. The monoisotopic (exact) mass is 790 g/mol. The highest BCUT2D eigenvalue weighted by Crippen LogP contribution is 2.16. The number of carbonyl (C=O) groups is 2. The number of aliphatic hydroxyl groups excluding tert-OH is 2. The zero-order valence-electron chi connectivity index (χ0n) is 37.4. The summed E-state index contributed by atoms with van der Waals surface area (Å²) < 4.78 is 5.44. The van der Waals surface area contributed by atoms with Crippen LogP contribution in [0.3, 0.4) is 0 Å². The predicted molar refractivity (Wildman–Crippen MR) is 241 cm³/mol. The molecule has 330 valence electrons. The van der Waals surface area contributed by atoms with Gasteiger partial charge >= 0.3 is 5.97 Å². The molecule has 0 aromatic rings. The van der Waals surface area contributed by atoms with E-state index in [4.69, 9.17) is 4.74 Å². The highest BCUT2D eigenvalue weighted by Gasteiger charge is 2.20. The Morgan fingerprint density at radius 2 is 0.911 bits per heavy atom. The van der Waals surface area contributed by atoms with Crippen LogP contribution in [0.5, 0.6) is 0 Å². The highest BCUT2D eigenvalue weighted by molar-refractivity contribution is 5.76. The molecule has 0 aromatic carbocycles. The molecule has 0 aromatic heterocycles. The molecule has 3 N–H and O–H groups in total. The van der Waals surface area contributed by atoms with Crippen molar-refractivity contribution < 1.29 is 24.5 Å². The number of rotatable bonds is 45. The van der Waals surface area contributed by atoms with E-state index in [0.29, 0.717) is 25.9 Å². The van der Waals surface area contributed by atoms with Crippen molar-refractivity contribution in [2.45, 2.75) is 270 Å². The first-order valence-corrected chi connectivity index (χ1v) is 24.6. The fourth-order valence-corrected chi connectivity index (χ4v) is 7.42. The molecule has 1 amide bonds. The lowest BCUT2D eigenvalue weighted by Crippen LogP contribution is -2.45. The van der Waals surface area contributed by atoms with Crippen molar-refractivity contribution in [1.29, 1.82) is 0 Å². The van der Waals surface area contributed by atoms with Crippen LogP contribution in [0.2, 0.25) is 0 Å². The SMILES string of the molecule is CCCC/C=C\C/C=C\CCCCCCCC(=O)OCCCCCCCCCCCCCCC(=O)NC(CO)C(O)CCCCCCCCCCCCCCC. The lowest BCUT2D eigenvalue weighted by molar-refractivity contribution is -0.143. The average Bonchev–Trinajstić information content (AvgIpc) is 3.20. The number of amides is 1. The minimum absolute atomic E-state index is 0.0241. The van der Waals surface area contributed by atoms with Gasteiger partial charge in [-0.25, -0.2) is 0 Å². The van der Waals surface area contributed by atoms with Gasteiger partial charge in [-0.3, -0.25) is 9.59 Å². The van der Waals surface area contributed by atoms with Crippen molar-refractivity contribution in [3.8, 4) is 0 Å². The number of esters is 1. The van der Waals surface area contributed by atoms with Crippen LogP contribution in [0, 0.1) is 0 Å². The standard InChI is InChI=1S/C50H95NO5/c1-3-5-7-9-11-13-15-17-19-24-28-32-36-40-44-50(55)56-45-41-37-33-29-25-21-20-23-27-31-35-39-43-49(54)51-47(46-52)48(53)42-38-34-30-26-22-18-16-14-12-10-8-6-4-2/h9,11,15,17,47-48,52-53H,3-8,10,12-14,16,18-46H2,1-2H3,(H,51,54)/b11-9-,17-15-. The van der Waals surface area contributed by atoms with Crippen LogP contribution in [-0.2, 0) is 14.3 Å². The molecule has 2 unspecified atom stereocenters. The maximum Gasteiger partial charge on any atom is 0.305 e. The summed E-state index contributed by atoms with van der Waals surface area (Å²) in [4.78, 5) is 24.4. The highest BCUT2D eigenvalue weighted by atomic mass is 16.5. The molecule has 0 radical (unpaired) electrons. The fraction of sp³-hybridized carbons (Fsp3) is 0.880. The minimum atomic E-state index is -0.674. The predicted octanol–water partition coefficient (Wildman–Crippen LogP) is 14.3. The van der Waals surface area contributed by atoms with Gasteiger partial charge in [-0.1, -0.05) is 218 Å². The van der Waals surface area contributed by atoms with Crippen LogP contribution in [-0.4, -0.2) is 47.4 Å². The fourth-order valence-electron chi connectivity index (χ4n) is 7.42. The van der Waals surface area contributed by atoms with E-state index in [1.54, 1.807) is 0 Å². The summed E-state index contributed by atoms with van der Waals surface area (Å²) in [6, 6.07) is -0.552. The van der Waals surface area contributed by atoms with E-state index in [9.17, 15) is 19.8 Å². The maximum absolute atomic E-state index is 12.4. The van der Waals surface area contributed by atoms with Gasteiger partial charge in [0.25, 0.3) is 0 Å². The van der Waals surface area contributed by atoms with Crippen molar-refractivity contribution in [1.82, 2.24) is 5.32 Å². The molecule has 0 aliphatic heterocycles. The van der Waals surface area contributed by atoms with Crippen molar-refractivity contribution in [2.24, 2.45) is 0 Å². The molecular weight excluding hydrogens is 695 g/mol. The zero-order chi connectivity index (χ0) is 40.8. The molecule has 6 nitrogen and oxygen atoms in total. The molecule has 0 spiro atoms. The van der Waals surface area contributed by atoms with Crippen LogP contribution < -0.4 is 5.32 Å². The van der Waals surface area contributed by atoms with Crippen molar-refractivity contribution in [2.75, 3.05) is 13.2 Å². The van der Waals surface area contributed by atoms with Crippen LogP contribution in [0.4, 0.5) is 0 Å². The van der Waals surface area contributed by atoms with Gasteiger partial charge in [-0.2, -0.15) is 0 Å². The van der Waals surface area contributed by atoms with Crippen molar-refractivity contribution in [3.05, 3.63) is 24.3 Å². The van der Waals surface area contributed by atoms with Gasteiger partial charge in [0, 0.05) is 12.8 Å². The molecule has 0 bridgehead atoms. The summed E-state index contributed by atoms with van der Waals surface area (Å²) in [5.41, 5.74) is 0. The van der Waals surface area contributed by atoms with E-state index >= 15 is 0 Å². The topological polar surface area (TPSA) is 95.9 Å². The molecule has 0 aliphatic rings. The molecule has 0 aliphatic carbocycles. The van der Waals surface area contributed by atoms with Gasteiger partial charge in [0.1, 0.15) is 0 Å². The first-order valence-electron chi connectivity index (χ1n) is 24.6. The third kappa shape index (κ3) is 42.0. The number of hydrogen-bond acceptors (Lipinski definition) is 5. The third-order valence-electron chi connectivity index (χ3n) is 11.3. The molecule has 6 heteroatoms. The van der Waals surface area contributed by atoms with Crippen molar-refractivity contribution in [3.63, 3.8) is 0 Å². The van der Waals surface area contributed by atoms with Gasteiger partial charge in [-0.05, 0) is 51.4 Å². The van der Waals surface area contributed by atoms with E-state index in [0.717, 1.165) is 70.6 Å². The van der Waals surface area contributed by atoms with Gasteiger partial charge in [0.15, 0.2) is 0 Å². The molecular formula is C50H95NO5. The first-order chi connectivity index (χ1) is 27.5. The number of ether oxygens (including phenoxy) is 1. The molecule has 0 fully saturated rings. The van der Waals surface area contributed by atoms with Gasteiger partial charge < -0.3 is 20.3 Å². The second kappa shape index (κ2) is 46.0. The Hall–Kier alpha value is -1.66. The second-order valence-electron chi connectivity index (χ2n) is 16.8. The maximum atomic E-state index is 12.4. The van der Waals surface area contributed by atoms with Gasteiger partial charge in [0.2, 0.25) is 5.91 Å². The second-order valence-corrected chi connectivity index (χ2v) is 16.8. The number of hydrogen-bond donors (Lipinski definition) is 3. The number of nitrogens with one attached hydrogen (secondary N) is 1. The summed E-state index contributed by atoms with van der Waals surface area (Å²) in [6.45, 7) is 4.86. The summed E-state index contributed by atoms with van der Waals surface area (Å²) in [6.07, 6.45) is 52.7. The molecule has 0 rings (SSSR count). The Kier molecular flexibility index (Phi) is 44.7. The quantitative estimate of drug-likeness (QED) is 0.0324. The third-order valence-corrected chi connectivity index (χ3v) is 11.3. The Morgan fingerprint density at radius 1 is 0.500 bits per heavy atom. The van der Waals surface area contributed by atoms with Crippen LogP contribution in [0.25, 0.3) is 0 Å². The van der Waals surface area contributed by atoms with E-state index in [2.05, 4.69) is 43.5 Å². The van der Waals surface area contributed by atoms with E-state index in [1.807, 2.05) is 0 Å². The Bertz CT molecular complexity index is 874. The number of carbonyl (C=O) groups excluding carboxylic acids is 2. The Morgan fingerprint density at radius 3 is 1.41 bits per heavy atom. The van der Waals surface area contributed by atoms with Crippen LogP contribution in [0.15, 0.2) is 24.3 Å². The van der Waals surface area contributed by atoms with Crippen LogP contribution in [0.1, 0.15) is 258 Å². The summed E-state index contributed by atoms with van der Waals surface area (Å²) in [5, 5.41) is 23.2. The zero-order valence-corrected chi connectivity index (χ0v) is 37.4. The van der Waals surface area contributed by atoms with E-state index in [1.165, 1.54) is 154 Å². The van der Waals surface area contributed by atoms with Gasteiger partial charge in [0.05, 0.1) is 25.4 Å². The molecule has 2 atom stereocenters. The minimum Gasteiger partial charge on any atom is -0.466 e. The average molecular weight is 790 g/mol. The van der Waals surface area contributed by atoms with Gasteiger partial charge in [-0.15, -0.1) is 0 Å². The molecule has 56 heavy (non-hydrogen) atoms. The Balaban J connectivity index is 3.47. The van der Waals surface area contributed by atoms with Crippen LogP contribution >= 0.6 is 0 Å². The number of allylic oxidation sites excluding steroid dienone is 4. The molecule has 0 heterocycles. The van der Waals surface area contributed by atoms with Crippen molar-refractivity contribution >= 4 is 11.9 Å². The largest absolute Gasteiger partial charge is 0.466 e. The number of aliphatic hydroxyl groups is 2. The summed E-state index contributed by atoms with van der Waals surface area (Å²) >= 11 is 0. The smallest absolute Gasteiger partial charge is 0.305 e. The first kappa shape index (κ1) is 54.3. The molecule has 0 saturated carbocycles. The summed E-state index contributed by atoms with van der Waals surface area (Å²) in [7, 11) is 0. The lowest BCUT2D eigenvalue weighted by Gasteiger charge is -2.22.